The fourth-order valence-electron chi connectivity index (χ4n) is 3.33. The number of pyridine rings is 1. The van der Waals surface area contributed by atoms with E-state index in [4.69, 9.17) is 5.73 Å². The van der Waals surface area contributed by atoms with Crippen molar-refractivity contribution in [3.8, 4) is 0 Å². The van der Waals surface area contributed by atoms with E-state index in [0.29, 0.717) is 12.5 Å². The van der Waals surface area contributed by atoms with Gasteiger partial charge in [-0.1, -0.05) is 36.4 Å². The van der Waals surface area contributed by atoms with Crippen LogP contribution in [0.3, 0.4) is 0 Å². The molecule has 0 radical (unpaired) electrons. The lowest BCUT2D eigenvalue weighted by atomic mass is 10.0. The fourth-order valence-corrected chi connectivity index (χ4v) is 3.33. The molecule has 132 valence electrons. The third-order valence-corrected chi connectivity index (χ3v) is 5.00. The number of nitrogens with two attached hydrogens (primary N) is 1. The summed E-state index contributed by atoms with van der Waals surface area (Å²) in [6.07, 6.45) is 4.08. The third kappa shape index (κ3) is 4.44. The van der Waals surface area contributed by atoms with Gasteiger partial charge in [0.05, 0.1) is 0 Å². The zero-order chi connectivity index (χ0) is 17.6. The molecule has 5 heteroatoms. The highest BCUT2D eigenvalue weighted by Gasteiger charge is 2.25. The molecule has 0 aliphatic carbocycles. The number of amides is 1. The van der Waals surface area contributed by atoms with E-state index < -0.39 is 0 Å². The van der Waals surface area contributed by atoms with Crippen LogP contribution in [0.1, 0.15) is 36.6 Å². The van der Waals surface area contributed by atoms with Crippen LogP contribution in [0.4, 0.5) is 0 Å². The Hall–Kier alpha value is -2.24. The van der Waals surface area contributed by atoms with Gasteiger partial charge < -0.3 is 10.6 Å². The largest absolute Gasteiger partial charge is 0.340 e. The normalized spacial score (nSPS) is 17.9. The first-order chi connectivity index (χ1) is 12.1. The summed E-state index contributed by atoms with van der Waals surface area (Å²) in [7, 11) is 0. The summed E-state index contributed by atoms with van der Waals surface area (Å²) in [6.45, 7) is 5.46. The summed E-state index contributed by atoms with van der Waals surface area (Å²) >= 11 is 0. The standard InChI is InChI=1S/C20H26N4O/c1-16(18-8-5-9-22-15-18)23-10-12-24(13-11-23)20(25)14-19(21)17-6-3-2-4-7-17/h2-9,15-16,19H,10-14,21H2,1H3. The van der Waals surface area contributed by atoms with E-state index in [9.17, 15) is 4.79 Å². The zero-order valence-electron chi connectivity index (χ0n) is 14.7. The van der Waals surface area contributed by atoms with Gasteiger partial charge in [0.15, 0.2) is 0 Å². The van der Waals surface area contributed by atoms with Gasteiger partial charge in [-0.15, -0.1) is 0 Å². The van der Waals surface area contributed by atoms with Crippen molar-refractivity contribution in [2.45, 2.75) is 25.4 Å². The van der Waals surface area contributed by atoms with Gasteiger partial charge in [-0.3, -0.25) is 14.7 Å². The van der Waals surface area contributed by atoms with Crippen molar-refractivity contribution >= 4 is 5.91 Å². The minimum Gasteiger partial charge on any atom is -0.340 e. The molecule has 3 rings (SSSR count). The van der Waals surface area contributed by atoms with Crippen LogP contribution < -0.4 is 5.73 Å². The predicted octanol–water partition coefficient (Wildman–Crippen LogP) is 2.38. The summed E-state index contributed by atoms with van der Waals surface area (Å²) < 4.78 is 0. The summed E-state index contributed by atoms with van der Waals surface area (Å²) in [6, 6.07) is 14.0. The van der Waals surface area contributed by atoms with E-state index in [1.807, 2.05) is 47.5 Å². The Morgan fingerprint density at radius 3 is 2.40 bits per heavy atom. The molecule has 1 amide bonds. The Morgan fingerprint density at radius 1 is 1.08 bits per heavy atom. The Morgan fingerprint density at radius 2 is 1.76 bits per heavy atom. The van der Waals surface area contributed by atoms with Crippen molar-refractivity contribution in [2.75, 3.05) is 26.2 Å². The van der Waals surface area contributed by atoms with Crippen LogP contribution in [-0.4, -0.2) is 46.9 Å². The highest BCUT2D eigenvalue weighted by molar-refractivity contribution is 5.77. The molecule has 0 spiro atoms. The number of aromatic nitrogens is 1. The molecule has 2 aromatic rings. The molecule has 1 aliphatic rings. The van der Waals surface area contributed by atoms with E-state index in [-0.39, 0.29) is 11.9 Å². The second-order valence-electron chi connectivity index (χ2n) is 6.60. The highest BCUT2D eigenvalue weighted by atomic mass is 16.2. The van der Waals surface area contributed by atoms with Gasteiger partial charge in [0.2, 0.25) is 5.91 Å². The topological polar surface area (TPSA) is 62.5 Å². The number of rotatable bonds is 5. The van der Waals surface area contributed by atoms with Crippen LogP contribution in [0.15, 0.2) is 54.9 Å². The summed E-state index contributed by atoms with van der Waals surface area (Å²) in [5, 5.41) is 0. The minimum absolute atomic E-state index is 0.144. The molecule has 1 aromatic heterocycles. The maximum Gasteiger partial charge on any atom is 0.224 e. The van der Waals surface area contributed by atoms with Crippen molar-refractivity contribution in [2.24, 2.45) is 5.73 Å². The van der Waals surface area contributed by atoms with Crippen LogP contribution >= 0.6 is 0 Å². The number of carbonyl (C=O) groups excluding carboxylic acids is 1. The molecule has 1 fully saturated rings. The van der Waals surface area contributed by atoms with Crippen LogP contribution in [0.5, 0.6) is 0 Å². The fraction of sp³-hybridized carbons (Fsp3) is 0.400. The molecule has 2 unspecified atom stereocenters. The maximum absolute atomic E-state index is 12.5. The predicted molar refractivity (Wildman–Crippen MR) is 98.8 cm³/mol. The van der Waals surface area contributed by atoms with Crippen LogP contribution in [0.25, 0.3) is 0 Å². The molecule has 25 heavy (non-hydrogen) atoms. The van der Waals surface area contributed by atoms with Crippen LogP contribution in [-0.2, 0) is 4.79 Å². The Labute approximate surface area is 149 Å². The molecular formula is C20H26N4O. The lowest BCUT2D eigenvalue weighted by molar-refractivity contribution is -0.133. The lowest BCUT2D eigenvalue weighted by Gasteiger charge is -2.38. The minimum atomic E-state index is -0.235. The Balaban J connectivity index is 1.51. The van der Waals surface area contributed by atoms with Gasteiger partial charge in [-0.25, -0.2) is 0 Å². The first kappa shape index (κ1) is 17.6. The zero-order valence-corrected chi connectivity index (χ0v) is 14.7. The quantitative estimate of drug-likeness (QED) is 0.909. The number of hydrogen-bond acceptors (Lipinski definition) is 4. The molecule has 0 bridgehead atoms. The van der Waals surface area contributed by atoms with Crippen molar-refractivity contribution < 1.29 is 4.79 Å². The number of benzene rings is 1. The number of hydrogen-bond donors (Lipinski definition) is 1. The SMILES string of the molecule is CC(c1cccnc1)N1CCN(C(=O)CC(N)c2ccccc2)CC1. The van der Waals surface area contributed by atoms with E-state index in [1.54, 1.807) is 6.20 Å². The molecule has 2 atom stereocenters. The molecular weight excluding hydrogens is 312 g/mol. The average Bonchev–Trinajstić information content (AvgIpc) is 2.69. The van der Waals surface area contributed by atoms with Gasteiger partial charge in [-0.2, -0.15) is 0 Å². The molecule has 2 N–H and O–H groups in total. The molecule has 2 heterocycles. The highest BCUT2D eigenvalue weighted by Crippen LogP contribution is 2.21. The van der Waals surface area contributed by atoms with Crippen molar-refractivity contribution in [3.63, 3.8) is 0 Å². The van der Waals surface area contributed by atoms with Gasteiger partial charge in [-0.05, 0) is 24.1 Å². The molecule has 0 saturated carbocycles. The monoisotopic (exact) mass is 338 g/mol. The van der Waals surface area contributed by atoms with E-state index in [2.05, 4.69) is 22.9 Å². The van der Waals surface area contributed by atoms with Crippen LogP contribution in [0, 0.1) is 0 Å². The van der Waals surface area contributed by atoms with Crippen molar-refractivity contribution in [1.82, 2.24) is 14.8 Å². The first-order valence-electron chi connectivity index (χ1n) is 8.87. The molecule has 1 saturated heterocycles. The second-order valence-corrected chi connectivity index (χ2v) is 6.60. The molecule has 5 nitrogen and oxygen atoms in total. The van der Waals surface area contributed by atoms with Gasteiger partial charge >= 0.3 is 0 Å². The van der Waals surface area contributed by atoms with Gasteiger partial charge in [0.1, 0.15) is 0 Å². The lowest BCUT2D eigenvalue weighted by Crippen LogP contribution is -2.49. The van der Waals surface area contributed by atoms with E-state index in [1.165, 1.54) is 5.56 Å². The summed E-state index contributed by atoms with van der Waals surface area (Å²) in [4.78, 5) is 21.1. The van der Waals surface area contributed by atoms with Crippen molar-refractivity contribution in [3.05, 3.63) is 66.0 Å². The van der Waals surface area contributed by atoms with Gasteiger partial charge in [0, 0.05) is 57.1 Å². The smallest absolute Gasteiger partial charge is 0.224 e. The van der Waals surface area contributed by atoms with E-state index >= 15 is 0 Å². The van der Waals surface area contributed by atoms with Crippen LogP contribution in [0.2, 0.25) is 0 Å². The summed E-state index contributed by atoms with van der Waals surface area (Å²) in [5.74, 6) is 0.144. The average molecular weight is 338 g/mol. The Kier molecular flexibility index (Phi) is 5.79. The maximum atomic E-state index is 12.5. The van der Waals surface area contributed by atoms with Gasteiger partial charge in [0.25, 0.3) is 0 Å². The molecule has 1 aliphatic heterocycles. The number of carbonyl (C=O) groups is 1. The van der Waals surface area contributed by atoms with Crippen molar-refractivity contribution in [1.29, 1.82) is 0 Å². The third-order valence-electron chi connectivity index (χ3n) is 5.00. The number of nitrogens with zero attached hydrogens (tertiary/aromatic N) is 3. The molecule has 1 aromatic carbocycles. The second kappa shape index (κ2) is 8.23. The first-order valence-corrected chi connectivity index (χ1v) is 8.87. The Bertz CT molecular complexity index is 669. The number of piperazine rings is 1. The summed E-state index contributed by atoms with van der Waals surface area (Å²) in [5.41, 5.74) is 8.42. The van der Waals surface area contributed by atoms with E-state index in [0.717, 1.165) is 31.7 Å².